The van der Waals surface area contributed by atoms with Crippen molar-refractivity contribution in [1.82, 2.24) is 4.31 Å². The van der Waals surface area contributed by atoms with Crippen LogP contribution < -0.4 is 0 Å². The summed E-state index contributed by atoms with van der Waals surface area (Å²) in [6, 6.07) is 9.90. The van der Waals surface area contributed by atoms with Gasteiger partial charge in [0.05, 0.1) is 6.26 Å². The summed E-state index contributed by atoms with van der Waals surface area (Å²) in [6.45, 7) is 0.897. The van der Waals surface area contributed by atoms with Crippen molar-refractivity contribution in [2.45, 2.75) is 25.7 Å². The summed E-state index contributed by atoms with van der Waals surface area (Å²) >= 11 is 0. The van der Waals surface area contributed by atoms with Crippen molar-refractivity contribution in [3.8, 4) is 0 Å². The molecule has 0 saturated carbocycles. The number of ketones is 1. The lowest BCUT2D eigenvalue weighted by Crippen LogP contribution is -2.41. The Kier molecular flexibility index (Phi) is 4.94. The number of hydrogen-bond acceptors (Lipinski definition) is 3. The molecule has 5 heteroatoms. The first kappa shape index (κ1) is 15.2. The highest BCUT2D eigenvalue weighted by Crippen LogP contribution is 2.21. The van der Waals surface area contributed by atoms with Gasteiger partial charge >= 0.3 is 0 Å². The predicted molar refractivity (Wildman–Crippen MR) is 78.9 cm³/mol. The van der Waals surface area contributed by atoms with Crippen molar-refractivity contribution in [1.29, 1.82) is 0 Å². The van der Waals surface area contributed by atoms with Crippen molar-refractivity contribution >= 4 is 15.8 Å². The lowest BCUT2D eigenvalue weighted by Gasteiger charge is -2.30. The van der Waals surface area contributed by atoms with E-state index in [-0.39, 0.29) is 11.7 Å². The quantitative estimate of drug-likeness (QED) is 0.833. The van der Waals surface area contributed by atoms with Gasteiger partial charge in [-0.15, -0.1) is 0 Å². The molecular formula is C15H21NO3S. The van der Waals surface area contributed by atoms with Crippen LogP contribution >= 0.6 is 0 Å². The Hall–Kier alpha value is -1.20. The Morgan fingerprint density at radius 1 is 1.30 bits per heavy atom. The number of sulfonamides is 1. The van der Waals surface area contributed by atoms with Crippen LogP contribution in [0.2, 0.25) is 0 Å². The van der Waals surface area contributed by atoms with Gasteiger partial charge in [0.1, 0.15) is 5.78 Å². The summed E-state index contributed by atoms with van der Waals surface area (Å²) in [5.74, 6) is 0.0457. The molecule has 1 aromatic carbocycles. The molecule has 1 saturated heterocycles. The fraction of sp³-hybridized carbons (Fsp3) is 0.533. The monoisotopic (exact) mass is 295 g/mol. The first-order chi connectivity index (χ1) is 9.47. The highest BCUT2D eigenvalue weighted by molar-refractivity contribution is 7.88. The Morgan fingerprint density at radius 3 is 2.65 bits per heavy atom. The van der Waals surface area contributed by atoms with Crippen molar-refractivity contribution in [2.24, 2.45) is 5.92 Å². The maximum Gasteiger partial charge on any atom is 0.211 e. The molecule has 2 rings (SSSR count). The maximum absolute atomic E-state index is 12.2. The fourth-order valence-corrected chi connectivity index (χ4v) is 3.53. The Balaban J connectivity index is 1.89. The minimum absolute atomic E-state index is 0.137. The lowest BCUT2D eigenvalue weighted by molar-refractivity contribution is -0.123. The van der Waals surface area contributed by atoms with Crippen molar-refractivity contribution in [3.63, 3.8) is 0 Å². The van der Waals surface area contributed by atoms with Crippen molar-refractivity contribution in [2.75, 3.05) is 19.3 Å². The van der Waals surface area contributed by atoms with Gasteiger partial charge in [-0.25, -0.2) is 12.7 Å². The number of carbonyl (C=O) groups excluding carboxylic acids is 1. The minimum Gasteiger partial charge on any atom is -0.299 e. The van der Waals surface area contributed by atoms with E-state index in [1.54, 1.807) is 0 Å². The summed E-state index contributed by atoms with van der Waals surface area (Å²) in [7, 11) is -3.18. The Labute approximate surface area is 120 Å². The number of piperidine rings is 1. The molecule has 0 spiro atoms. The molecule has 0 amide bonds. The van der Waals surface area contributed by atoms with Gasteiger partial charge in [0, 0.05) is 25.4 Å². The minimum atomic E-state index is -3.18. The molecule has 0 bridgehead atoms. The lowest BCUT2D eigenvalue weighted by atomic mass is 9.91. The van der Waals surface area contributed by atoms with E-state index in [2.05, 4.69) is 0 Å². The van der Waals surface area contributed by atoms with Crippen LogP contribution in [-0.2, 0) is 21.2 Å². The van der Waals surface area contributed by atoms with Gasteiger partial charge < -0.3 is 0 Å². The number of Topliss-reactive ketones (excluding diaryl/α,β-unsaturated/α-hetero) is 1. The van der Waals surface area contributed by atoms with E-state index in [4.69, 9.17) is 0 Å². The predicted octanol–water partition coefficient (Wildman–Crippen LogP) is 1.86. The zero-order valence-electron chi connectivity index (χ0n) is 11.8. The summed E-state index contributed by atoms with van der Waals surface area (Å²) in [4.78, 5) is 12.2. The first-order valence-electron chi connectivity index (χ1n) is 6.98. The average Bonchev–Trinajstić information content (AvgIpc) is 2.45. The van der Waals surface area contributed by atoms with Crippen LogP contribution in [0.3, 0.4) is 0 Å². The third-order valence-corrected chi connectivity index (χ3v) is 5.08. The van der Waals surface area contributed by atoms with Crippen LogP contribution in [0.4, 0.5) is 0 Å². The van der Waals surface area contributed by atoms with Crippen LogP contribution in [0, 0.1) is 5.92 Å². The molecule has 1 aromatic rings. The second kappa shape index (κ2) is 6.50. The molecule has 1 aliphatic rings. The van der Waals surface area contributed by atoms with E-state index in [1.165, 1.54) is 10.6 Å². The van der Waals surface area contributed by atoms with Crippen LogP contribution in [0.25, 0.3) is 0 Å². The number of benzene rings is 1. The normalized spacial score (nSPS) is 20.8. The summed E-state index contributed by atoms with van der Waals surface area (Å²) in [5.41, 5.74) is 1.15. The van der Waals surface area contributed by atoms with Crippen LogP contribution in [0.5, 0.6) is 0 Å². The molecule has 1 aliphatic heterocycles. The molecule has 0 aliphatic carbocycles. The topological polar surface area (TPSA) is 54.5 Å². The van der Waals surface area contributed by atoms with Gasteiger partial charge in [0.25, 0.3) is 0 Å². The van der Waals surface area contributed by atoms with E-state index in [0.717, 1.165) is 24.8 Å². The van der Waals surface area contributed by atoms with Gasteiger partial charge in [-0.2, -0.15) is 0 Å². The smallest absolute Gasteiger partial charge is 0.211 e. The molecule has 1 fully saturated rings. The van der Waals surface area contributed by atoms with E-state index in [0.29, 0.717) is 19.5 Å². The molecular weight excluding hydrogens is 274 g/mol. The molecule has 0 N–H and O–H groups in total. The van der Waals surface area contributed by atoms with Gasteiger partial charge in [-0.3, -0.25) is 4.79 Å². The van der Waals surface area contributed by atoms with Crippen molar-refractivity contribution < 1.29 is 13.2 Å². The van der Waals surface area contributed by atoms with Crippen LogP contribution in [0.1, 0.15) is 24.8 Å². The second-order valence-electron chi connectivity index (χ2n) is 5.41. The molecule has 0 aromatic heterocycles. The van der Waals surface area contributed by atoms with E-state index < -0.39 is 10.0 Å². The maximum atomic E-state index is 12.2. The number of hydrogen-bond donors (Lipinski definition) is 0. The molecule has 1 atom stereocenters. The van der Waals surface area contributed by atoms with Crippen molar-refractivity contribution in [3.05, 3.63) is 35.9 Å². The fourth-order valence-electron chi connectivity index (χ4n) is 2.62. The SMILES string of the molecule is CS(=O)(=O)N1CCC[C@@H](C(=O)CCc2ccccc2)C1. The highest BCUT2D eigenvalue weighted by Gasteiger charge is 2.29. The average molecular weight is 295 g/mol. The first-order valence-corrected chi connectivity index (χ1v) is 8.83. The van der Waals surface area contributed by atoms with Gasteiger partial charge in [-0.1, -0.05) is 30.3 Å². The molecule has 0 radical (unpaired) electrons. The molecule has 0 unspecified atom stereocenters. The number of nitrogens with zero attached hydrogens (tertiary/aromatic N) is 1. The Bertz CT molecular complexity index is 554. The molecule has 20 heavy (non-hydrogen) atoms. The largest absolute Gasteiger partial charge is 0.299 e. The van der Waals surface area contributed by atoms with Crippen LogP contribution in [-0.4, -0.2) is 37.9 Å². The Morgan fingerprint density at radius 2 is 2.00 bits per heavy atom. The zero-order chi connectivity index (χ0) is 14.6. The highest BCUT2D eigenvalue weighted by atomic mass is 32.2. The molecule has 1 heterocycles. The summed E-state index contributed by atoms with van der Waals surface area (Å²) < 4.78 is 24.5. The van der Waals surface area contributed by atoms with Gasteiger partial charge in [0.2, 0.25) is 10.0 Å². The summed E-state index contributed by atoms with van der Waals surface area (Å²) in [6.07, 6.45) is 4.01. The van der Waals surface area contributed by atoms with E-state index in [1.807, 2.05) is 30.3 Å². The number of carbonyl (C=O) groups is 1. The standard InChI is InChI=1S/C15H21NO3S/c1-20(18,19)16-11-5-8-14(12-16)15(17)10-9-13-6-3-2-4-7-13/h2-4,6-7,14H,5,8-12H2,1H3/t14-/m1/s1. The van der Waals surface area contributed by atoms with Crippen LogP contribution in [0.15, 0.2) is 30.3 Å². The third-order valence-electron chi connectivity index (χ3n) is 3.81. The number of aryl methyl sites for hydroxylation is 1. The van der Waals surface area contributed by atoms with Gasteiger partial charge in [0.15, 0.2) is 0 Å². The second-order valence-corrected chi connectivity index (χ2v) is 7.39. The summed E-state index contributed by atoms with van der Waals surface area (Å²) in [5, 5.41) is 0. The molecule has 110 valence electrons. The van der Waals surface area contributed by atoms with E-state index in [9.17, 15) is 13.2 Å². The zero-order valence-corrected chi connectivity index (χ0v) is 12.6. The number of rotatable bonds is 5. The molecule has 4 nitrogen and oxygen atoms in total. The van der Waals surface area contributed by atoms with E-state index >= 15 is 0 Å². The third kappa shape index (κ3) is 4.15. The van der Waals surface area contributed by atoms with Gasteiger partial charge in [-0.05, 0) is 24.8 Å².